The van der Waals surface area contributed by atoms with Gasteiger partial charge in [-0.15, -0.1) is 0 Å². The lowest BCUT2D eigenvalue weighted by Gasteiger charge is -2.36. The predicted octanol–water partition coefficient (Wildman–Crippen LogP) is 4.27. The topological polar surface area (TPSA) is 140 Å². The highest BCUT2D eigenvalue weighted by Gasteiger charge is 2.44. The van der Waals surface area contributed by atoms with E-state index < -0.39 is 53.0 Å². The van der Waals surface area contributed by atoms with Gasteiger partial charge in [0.2, 0.25) is 17.7 Å². The Morgan fingerprint density at radius 3 is 2.39 bits per heavy atom. The second kappa shape index (κ2) is 15.4. The number of amides is 4. The Labute approximate surface area is 283 Å². The van der Waals surface area contributed by atoms with E-state index in [0.717, 1.165) is 31.4 Å². The molecule has 49 heavy (non-hydrogen) atoms. The normalized spacial score (nSPS) is 18.0. The molecule has 0 bridgehead atoms. The Bertz CT molecular complexity index is 1670. The number of aromatic nitrogens is 2. The number of halogens is 3. The van der Waals surface area contributed by atoms with Crippen LogP contribution in [0.4, 0.5) is 18.9 Å². The highest BCUT2D eigenvalue weighted by atomic mass is 19.3. The molecule has 2 aromatic carbocycles. The number of likely N-dealkylation sites (N-methyl/N-ethyl adjacent to an activating group) is 1. The molecular formula is C35H44F3N7O4. The van der Waals surface area contributed by atoms with Crippen LogP contribution in [0.2, 0.25) is 0 Å². The maximum atomic E-state index is 15.6. The minimum absolute atomic E-state index is 0.169. The molecule has 0 radical (unpaired) electrons. The second-order valence-corrected chi connectivity index (χ2v) is 13.1. The van der Waals surface area contributed by atoms with Crippen molar-refractivity contribution in [2.45, 2.75) is 76.3 Å². The lowest BCUT2D eigenvalue weighted by molar-refractivity contribution is -0.149. The molecule has 3 aromatic rings. The summed E-state index contributed by atoms with van der Waals surface area (Å²) in [5.41, 5.74) is -0.000200. The third kappa shape index (κ3) is 8.23. The molecule has 3 atom stereocenters. The molecule has 1 aliphatic heterocycles. The summed E-state index contributed by atoms with van der Waals surface area (Å²) >= 11 is 0. The van der Waals surface area contributed by atoms with Gasteiger partial charge in [0.15, 0.2) is 0 Å². The number of hydrogen-bond acceptors (Lipinski definition) is 6. The van der Waals surface area contributed by atoms with E-state index in [4.69, 9.17) is 0 Å². The van der Waals surface area contributed by atoms with Gasteiger partial charge in [-0.3, -0.25) is 24.3 Å². The Balaban J connectivity index is 1.33. The van der Waals surface area contributed by atoms with Crippen molar-refractivity contribution in [3.63, 3.8) is 0 Å². The van der Waals surface area contributed by atoms with Crippen molar-refractivity contribution >= 4 is 40.2 Å². The van der Waals surface area contributed by atoms with Crippen LogP contribution in [0.15, 0.2) is 42.6 Å². The fourth-order valence-electron chi connectivity index (χ4n) is 6.58. The van der Waals surface area contributed by atoms with Crippen LogP contribution in [0.3, 0.4) is 0 Å². The summed E-state index contributed by atoms with van der Waals surface area (Å²) in [5.74, 6) is -8.81. The number of H-pyrrole nitrogens is 1. The molecule has 1 aromatic heterocycles. The number of rotatable bonds is 11. The molecule has 2 fully saturated rings. The number of alkyl halides is 2. The van der Waals surface area contributed by atoms with Gasteiger partial charge in [-0.2, -0.15) is 13.9 Å². The van der Waals surface area contributed by atoms with Crippen molar-refractivity contribution in [2.24, 2.45) is 5.92 Å². The standard InChI is InChI=1S/C35H44F3N7O4/c1-4-29(46)41-30(33(48)45-16-14-44(3)15-17-45)21(2)23-11-13-27(26(36)18-23)40-32(47)31(22-8-6-5-7-9-22)42-34(49)35(37,38)25-12-10-24-20-39-43-28(24)19-25/h10-13,18-22,30-31H,4-9,14-17H2,1-3H3,(H,39,43)(H,40,47)(H,41,46)(H,42,49). The summed E-state index contributed by atoms with van der Waals surface area (Å²) in [5, 5.41) is 14.6. The minimum atomic E-state index is -3.96. The lowest BCUT2D eigenvalue weighted by atomic mass is 9.83. The second-order valence-electron chi connectivity index (χ2n) is 13.1. The average Bonchev–Trinajstić information content (AvgIpc) is 3.58. The molecule has 11 nitrogen and oxygen atoms in total. The third-order valence-corrected chi connectivity index (χ3v) is 9.78. The zero-order valence-electron chi connectivity index (χ0n) is 28.0. The number of aromatic amines is 1. The van der Waals surface area contributed by atoms with E-state index in [-0.39, 0.29) is 23.9 Å². The average molecular weight is 684 g/mol. The maximum absolute atomic E-state index is 15.6. The zero-order valence-corrected chi connectivity index (χ0v) is 28.0. The number of piperazine rings is 1. The number of nitrogens with one attached hydrogen (secondary N) is 4. The van der Waals surface area contributed by atoms with Gasteiger partial charge in [-0.05, 0) is 49.6 Å². The van der Waals surface area contributed by atoms with Gasteiger partial charge in [-0.1, -0.05) is 51.3 Å². The van der Waals surface area contributed by atoms with Crippen molar-refractivity contribution < 1.29 is 32.3 Å². The maximum Gasteiger partial charge on any atom is 0.349 e. The van der Waals surface area contributed by atoms with E-state index in [1.165, 1.54) is 24.4 Å². The molecule has 5 rings (SSSR count). The fraction of sp³-hybridized carbons (Fsp3) is 0.514. The van der Waals surface area contributed by atoms with E-state index >= 15 is 13.2 Å². The number of nitrogens with zero attached hydrogens (tertiary/aromatic N) is 3. The largest absolute Gasteiger partial charge is 0.349 e. The number of carbonyl (C=O) groups is 4. The summed E-state index contributed by atoms with van der Waals surface area (Å²) in [6.07, 6.45) is 5.17. The van der Waals surface area contributed by atoms with Crippen LogP contribution >= 0.6 is 0 Å². The van der Waals surface area contributed by atoms with Gasteiger partial charge < -0.3 is 25.8 Å². The van der Waals surface area contributed by atoms with Crippen LogP contribution < -0.4 is 16.0 Å². The van der Waals surface area contributed by atoms with Crippen LogP contribution in [0.25, 0.3) is 10.9 Å². The van der Waals surface area contributed by atoms with E-state index in [9.17, 15) is 19.2 Å². The van der Waals surface area contributed by atoms with Crippen molar-refractivity contribution in [3.8, 4) is 0 Å². The van der Waals surface area contributed by atoms with Gasteiger partial charge in [0.05, 0.1) is 17.4 Å². The van der Waals surface area contributed by atoms with E-state index in [0.29, 0.717) is 55.5 Å². The number of fused-ring (bicyclic) bond motifs is 1. The first-order valence-electron chi connectivity index (χ1n) is 16.9. The van der Waals surface area contributed by atoms with Crippen molar-refractivity contribution in [1.29, 1.82) is 0 Å². The molecule has 1 saturated heterocycles. The van der Waals surface area contributed by atoms with Gasteiger partial charge in [-0.25, -0.2) is 4.39 Å². The first-order valence-corrected chi connectivity index (χ1v) is 16.9. The van der Waals surface area contributed by atoms with Gasteiger partial charge in [0.1, 0.15) is 17.9 Å². The summed E-state index contributed by atoms with van der Waals surface area (Å²) in [7, 11) is 1.97. The zero-order chi connectivity index (χ0) is 35.3. The van der Waals surface area contributed by atoms with Crippen LogP contribution in [-0.2, 0) is 25.1 Å². The highest BCUT2D eigenvalue weighted by Crippen LogP contribution is 2.33. The van der Waals surface area contributed by atoms with Gasteiger partial charge in [0.25, 0.3) is 5.91 Å². The third-order valence-electron chi connectivity index (χ3n) is 9.78. The smallest absolute Gasteiger partial charge is 0.344 e. The number of anilines is 1. The van der Waals surface area contributed by atoms with Crippen LogP contribution in [-0.4, -0.2) is 88.9 Å². The van der Waals surface area contributed by atoms with Crippen molar-refractivity contribution in [3.05, 3.63) is 59.5 Å². The molecule has 264 valence electrons. The quantitative estimate of drug-likeness (QED) is 0.238. The van der Waals surface area contributed by atoms with Crippen molar-refractivity contribution in [2.75, 3.05) is 38.5 Å². The molecule has 3 unspecified atom stereocenters. The molecule has 2 aliphatic rings. The van der Waals surface area contributed by atoms with E-state index in [1.54, 1.807) is 24.8 Å². The van der Waals surface area contributed by atoms with Crippen molar-refractivity contribution in [1.82, 2.24) is 30.6 Å². The predicted molar refractivity (Wildman–Crippen MR) is 178 cm³/mol. The molecule has 0 spiro atoms. The molecule has 2 heterocycles. The minimum Gasteiger partial charge on any atom is -0.344 e. The summed E-state index contributed by atoms with van der Waals surface area (Å²) in [4.78, 5) is 56.4. The summed E-state index contributed by atoms with van der Waals surface area (Å²) in [6, 6.07) is 5.53. The molecule has 14 heteroatoms. The molecule has 1 aliphatic carbocycles. The highest BCUT2D eigenvalue weighted by molar-refractivity contribution is 5.99. The van der Waals surface area contributed by atoms with Crippen LogP contribution in [0.1, 0.15) is 69.4 Å². The van der Waals surface area contributed by atoms with Gasteiger partial charge >= 0.3 is 5.92 Å². The Morgan fingerprint density at radius 2 is 1.71 bits per heavy atom. The van der Waals surface area contributed by atoms with E-state index in [1.807, 2.05) is 7.05 Å². The molecule has 4 N–H and O–H groups in total. The Morgan fingerprint density at radius 1 is 1.00 bits per heavy atom. The molecular weight excluding hydrogens is 639 g/mol. The summed E-state index contributed by atoms with van der Waals surface area (Å²) < 4.78 is 46.5. The van der Waals surface area contributed by atoms with Crippen LogP contribution in [0.5, 0.6) is 0 Å². The Kier molecular flexibility index (Phi) is 11.3. The SMILES string of the molecule is CCC(=O)NC(C(=O)N1CCN(C)CC1)C(C)c1ccc(NC(=O)C(NC(=O)C(F)(F)c2ccc3cn[nH]c3c2)C2CCCCC2)c(F)c1. The van der Waals surface area contributed by atoms with Crippen LogP contribution in [0, 0.1) is 11.7 Å². The summed E-state index contributed by atoms with van der Waals surface area (Å²) in [6.45, 7) is 5.80. The molecule has 4 amide bonds. The number of benzene rings is 2. The van der Waals surface area contributed by atoms with Gasteiger partial charge in [0, 0.05) is 49.5 Å². The first-order chi connectivity index (χ1) is 23.4. The molecule has 1 saturated carbocycles. The fourth-order valence-corrected chi connectivity index (χ4v) is 6.58. The number of carbonyl (C=O) groups excluding carboxylic acids is 4. The Hall–Kier alpha value is -4.46. The lowest BCUT2D eigenvalue weighted by Crippen LogP contribution is -2.55. The first kappa shape index (κ1) is 35.8. The monoisotopic (exact) mass is 683 g/mol. The number of hydrogen-bond donors (Lipinski definition) is 4. The van der Waals surface area contributed by atoms with E-state index in [2.05, 4.69) is 31.0 Å².